The zero-order valence-electron chi connectivity index (χ0n) is 9.96. The van der Waals surface area contributed by atoms with Gasteiger partial charge in [-0.2, -0.15) is 0 Å². The molecule has 96 valence electrons. The van der Waals surface area contributed by atoms with Crippen molar-refractivity contribution >= 4 is 5.97 Å². The van der Waals surface area contributed by atoms with Crippen molar-refractivity contribution < 1.29 is 14.3 Å². The summed E-state index contributed by atoms with van der Waals surface area (Å²) in [5.74, 6) is -0.0416. The van der Waals surface area contributed by atoms with E-state index in [-0.39, 0.29) is 17.9 Å². The summed E-state index contributed by atoms with van der Waals surface area (Å²) in [6.07, 6.45) is 1.68. The Morgan fingerprint density at radius 2 is 2.35 bits per heavy atom. The summed E-state index contributed by atoms with van der Waals surface area (Å²) in [7, 11) is 1.38. The standard InChI is InChI=1S/C10H18N4O3/c1-16-10(15)9(12-4-5-13-14-11)8-2-6-17-7-3-8/h8-9,12H,2-7H2,1H3. The van der Waals surface area contributed by atoms with Gasteiger partial charge in [-0.05, 0) is 24.3 Å². The van der Waals surface area contributed by atoms with Crippen LogP contribution in [-0.2, 0) is 14.3 Å². The van der Waals surface area contributed by atoms with Crippen LogP contribution < -0.4 is 5.32 Å². The monoisotopic (exact) mass is 242 g/mol. The molecule has 1 aliphatic rings. The Balaban J connectivity index is 2.46. The highest BCUT2D eigenvalue weighted by Gasteiger charge is 2.29. The molecule has 7 nitrogen and oxygen atoms in total. The first-order valence-corrected chi connectivity index (χ1v) is 5.69. The third-order valence-electron chi connectivity index (χ3n) is 2.83. The maximum atomic E-state index is 11.6. The number of carbonyl (C=O) groups excluding carboxylic acids is 1. The molecule has 0 aliphatic carbocycles. The molecule has 0 radical (unpaired) electrons. The summed E-state index contributed by atoms with van der Waals surface area (Å²) < 4.78 is 10.0. The molecule has 1 unspecified atom stereocenters. The molecule has 1 N–H and O–H groups in total. The van der Waals surface area contributed by atoms with Crippen LogP contribution in [0.3, 0.4) is 0 Å². The lowest BCUT2D eigenvalue weighted by atomic mass is 9.91. The molecular formula is C10H18N4O3. The Morgan fingerprint density at radius 3 is 2.94 bits per heavy atom. The van der Waals surface area contributed by atoms with Crippen LogP contribution in [0.15, 0.2) is 5.11 Å². The van der Waals surface area contributed by atoms with Crippen LogP contribution >= 0.6 is 0 Å². The van der Waals surface area contributed by atoms with Crippen LogP contribution in [0.5, 0.6) is 0 Å². The lowest BCUT2D eigenvalue weighted by Gasteiger charge is -2.29. The van der Waals surface area contributed by atoms with E-state index in [1.54, 1.807) is 0 Å². The maximum absolute atomic E-state index is 11.6. The molecule has 1 aliphatic heterocycles. The van der Waals surface area contributed by atoms with Crippen LogP contribution in [0.4, 0.5) is 0 Å². The molecule has 0 aromatic carbocycles. The number of nitrogens with zero attached hydrogens (tertiary/aromatic N) is 3. The fourth-order valence-corrected chi connectivity index (χ4v) is 1.93. The average molecular weight is 242 g/mol. The summed E-state index contributed by atoms with van der Waals surface area (Å²) in [4.78, 5) is 14.3. The largest absolute Gasteiger partial charge is 0.468 e. The van der Waals surface area contributed by atoms with Gasteiger partial charge in [-0.15, -0.1) is 0 Å². The second kappa shape index (κ2) is 7.89. The van der Waals surface area contributed by atoms with E-state index in [1.165, 1.54) is 7.11 Å². The van der Waals surface area contributed by atoms with Gasteiger partial charge in [0.25, 0.3) is 0 Å². The first-order chi connectivity index (χ1) is 8.29. The number of azide groups is 1. The molecule has 7 heteroatoms. The third-order valence-corrected chi connectivity index (χ3v) is 2.83. The highest BCUT2D eigenvalue weighted by Crippen LogP contribution is 2.19. The van der Waals surface area contributed by atoms with E-state index in [2.05, 4.69) is 15.3 Å². The van der Waals surface area contributed by atoms with E-state index in [0.29, 0.717) is 26.3 Å². The van der Waals surface area contributed by atoms with Gasteiger partial charge in [-0.25, -0.2) is 0 Å². The number of hydrogen-bond donors (Lipinski definition) is 1. The number of rotatable bonds is 6. The molecule has 1 heterocycles. The lowest BCUT2D eigenvalue weighted by Crippen LogP contribution is -2.46. The number of methoxy groups -OCH3 is 1. The summed E-state index contributed by atoms with van der Waals surface area (Å²) in [5.41, 5.74) is 8.16. The fourth-order valence-electron chi connectivity index (χ4n) is 1.93. The van der Waals surface area contributed by atoms with Crippen molar-refractivity contribution in [3.63, 3.8) is 0 Å². The minimum atomic E-state index is -0.335. The Morgan fingerprint density at radius 1 is 1.65 bits per heavy atom. The lowest BCUT2D eigenvalue weighted by molar-refractivity contribution is -0.145. The van der Waals surface area contributed by atoms with Gasteiger partial charge in [0.15, 0.2) is 0 Å². The Bertz CT molecular complexity index is 285. The highest BCUT2D eigenvalue weighted by atomic mass is 16.5. The summed E-state index contributed by atoms with van der Waals surface area (Å²) in [6.45, 7) is 2.15. The summed E-state index contributed by atoms with van der Waals surface area (Å²) in [6, 6.07) is -0.335. The zero-order valence-corrected chi connectivity index (χ0v) is 9.96. The van der Waals surface area contributed by atoms with Crippen molar-refractivity contribution in [1.82, 2.24) is 5.32 Å². The molecule has 1 saturated heterocycles. The van der Waals surface area contributed by atoms with Gasteiger partial charge >= 0.3 is 5.97 Å². The van der Waals surface area contributed by atoms with Crippen molar-refractivity contribution in [3.05, 3.63) is 10.4 Å². The van der Waals surface area contributed by atoms with Crippen molar-refractivity contribution in [3.8, 4) is 0 Å². The van der Waals surface area contributed by atoms with E-state index in [0.717, 1.165) is 12.8 Å². The first kappa shape index (κ1) is 13.8. The number of esters is 1. The number of ether oxygens (including phenoxy) is 2. The van der Waals surface area contributed by atoms with Gasteiger partial charge < -0.3 is 14.8 Å². The maximum Gasteiger partial charge on any atom is 0.323 e. The predicted molar refractivity (Wildman–Crippen MR) is 61.4 cm³/mol. The normalized spacial score (nSPS) is 18.2. The van der Waals surface area contributed by atoms with Crippen LogP contribution in [0.1, 0.15) is 12.8 Å². The molecular weight excluding hydrogens is 224 g/mol. The van der Waals surface area contributed by atoms with Crippen LogP contribution in [0.25, 0.3) is 10.4 Å². The quantitative estimate of drug-likeness (QED) is 0.245. The number of hydrogen-bond acceptors (Lipinski definition) is 5. The van der Waals surface area contributed by atoms with E-state index < -0.39 is 0 Å². The molecule has 1 rings (SSSR count). The van der Waals surface area contributed by atoms with Crippen LogP contribution in [0.2, 0.25) is 0 Å². The molecule has 1 fully saturated rings. The second-order valence-electron chi connectivity index (χ2n) is 3.86. The molecule has 0 amide bonds. The third kappa shape index (κ3) is 4.60. The fraction of sp³-hybridized carbons (Fsp3) is 0.900. The minimum Gasteiger partial charge on any atom is -0.468 e. The average Bonchev–Trinajstić information content (AvgIpc) is 2.39. The summed E-state index contributed by atoms with van der Waals surface area (Å²) in [5, 5.41) is 6.50. The van der Waals surface area contributed by atoms with E-state index in [9.17, 15) is 4.79 Å². The predicted octanol–water partition coefficient (Wildman–Crippen LogP) is 0.854. The first-order valence-electron chi connectivity index (χ1n) is 5.69. The van der Waals surface area contributed by atoms with E-state index >= 15 is 0 Å². The van der Waals surface area contributed by atoms with E-state index in [4.69, 9.17) is 15.0 Å². The Labute approximate surface area is 100 Å². The van der Waals surface area contributed by atoms with Gasteiger partial charge in [-0.1, -0.05) is 5.11 Å². The minimum absolute atomic E-state index is 0.224. The van der Waals surface area contributed by atoms with Crippen LogP contribution in [0, 0.1) is 5.92 Å². The molecule has 0 spiro atoms. The van der Waals surface area contributed by atoms with Gasteiger partial charge in [-0.3, -0.25) is 4.79 Å². The zero-order chi connectivity index (χ0) is 12.5. The highest BCUT2D eigenvalue weighted by molar-refractivity contribution is 5.76. The summed E-state index contributed by atoms with van der Waals surface area (Å²) >= 11 is 0. The van der Waals surface area contributed by atoms with Crippen molar-refractivity contribution in [2.75, 3.05) is 33.4 Å². The molecule has 0 aromatic heterocycles. The van der Waals surface area contributed by atoms with Crippen LogP contribution in [-0.4, -0.2) is 45.4 Å². The SMILES string of the molecule is COC(=O)C(NCCN=[N+]=[N-])C1CCOCC1. The second-order valence-corrected chi connectivity index (χ2v) is 3.86. The van der Waals surface area contributed by atoms with Crippen molar-refractivity contribution in [2.24, 2.45) is 11.0 Å². The molecule has 17 heavy (non-hydrogen) atoms. The molecule has 1 atom stereocenters. The number of carbonyl (C=O) groups is 1. The molecule has 0 aromatic rings. The molecule has 0 saturated carbocycles. The van der Waals surface area contributed by atoms with Gasteiger partial charge in [0, 0.05) is 31.2 Å². The Kier molecular flexibility index (Phi) is 6.39. The van der Waals surface area contributed by atoms with Crippen molar-refractivity contribution in [2.45, 2.75) is 18.9 Å². The smallest absolute Gasteiger partial charge is 0.323 e. The van der Waals surface area contributed by atoms with Crippen molar-refractivity contribution in [1.29, 1.82) is 0 Å². The van der Waals surface area contributed by atoms with E-state index in [1.807, 2.05) is 0 Å². The van der Waals surface area contributed by atoms with Gasteiger partial charge in [0.1, 0.15) is 6.04 Å². The van der Waals surface area contributed by atoms with Gasteiger partial charge in [0.2, 0.25) is 0 Å². The van der Waals surface area contributed by atoms with Gasteiger partial charge in [0.05, 0.1) is 7.11 Å². The topological polar surface area (TPSA) is 96.3 Å². The molecule has 0 bridgehead atoms. The number of nitrogens with one attached hydrogen (secondary N) is 1. The Hall–Kier alpha value is -1.30.